The number of rotatable bonds is 5. The Morgan fingerprint density at radius 1 is 1.07 bits per heavy atom. The second kappa shape index (κ2) is 9.45. The second-order valence-corrected chi connectivity index (χ2v) is 7.92. The van der Waals surface area contributed by atoms with E-state index < -0.39 is 0 Å². The Balaban J connectivity index is 1.43. The molecule has 1 amide bonds. The van der Waals surface area contributed by atoms with Crippen LogP contribution in [0.25, 0.3) is 5.69 Å². The van der Waals surface area contributed by atoms with Crippen LogP contribution in [0.1, 0.15) is 29.3 Å². The average molecular weight is 418 g/mol. The smallest absolute Gasteiger partial charge is 0.273 e. The Kier molecular flexibility index (Phi) is 6.29. The molecule has 0 radical (unpaired) electrons. The van der Waals surface area contributed by atoms with Crippen LogP contribution in [0, 0.1) is 0 Å². The maximum Gasteiger partial charge on any atom is 0.273 e. The van der Waals surface area contributed by atoms with Gasteiger partial charge in [-0.2, -0.15) is 5.10 Å². The summed E-state index contributed by atoms with van der Waals surface area (Å²) in [5, 5.41) is 8.60. The van der Waals surface area contributed by atoms with Crippen LogP contribution in [0.3, 0.4) is 0 Å². The zero-order valence-electron chi connectivity index (χ0n) is 16.7. The fourth-order valence-corrected chi connectivity index (χ4v) is 3.94. The molecule has 0 aliphatic carbocycles. The van der Waals surface area contributed by atoms with Crippen molar-refractivity contribution in [2.24, 2.45) is 10.1 Å². The molecule has 0 bridgehead atoms. The van der Waals surface area contributed by atoms with Crippen molar-refractivity contribution in [1.82, 2.24) is 9.99 Å². The number of nitrogens with one attached hydrogen (secondary N) is 2. The quantitative estimate of drug-likeness (QED) is 0.473. The maximum atomic E-state index is 12.7. The molecule has 6 nitrogen and oxygen atoms in total. The van der Waals surface area contributed by atoms with Crippen LogP contribution in [0.4, 0.5) is 5.69 Å². The molecule has 7 heteroatoms. The van der Waals surface area contributed by atoms with E-state index in [4.69, 9.17) is 0 Å². The molecular formula is C23H23N5OS. The van der Waals surface area contributed by atoms with E-state index in [1.807, 2.05) is 78.5 Å². The van der Waals surface area contributed by atoms with Gasteiger partial charge < -0.3 is 9.88 Å². The van der Waals surface area contributed by atoms with E-state index in [0.29, 0.717) is 5.56 Å². The lowest BCUT2D eigenvalue weighted by Crippen LogP contribution is -2.21. The normalized spacial score (nSPS) is 14.2. The lowest BCUT2D eigenvalue weighted by molar-refractivity contribution is 0.0955. The van der Waals surface area contributed by atoms with Gasteiger partial charge in [-0.1, -0.05) is 36.0 Å². The highest BCUT2D eigenvalue weighted by molar-refractivity contribution is 8.14. The van der Waals surface area contributed by atoms with Crippen LogP contribution in [-0.2, 0) is 0 Å². The Labute approximate surface area is 180 Å². The monoisotopic (exact) mass is 417 g/mol. The molecule has 0 atom stereocenters. The number of aromatic nitrogens is 1. The van der Waals surface area contributed by atoms with Crippen molar-refractivity contribution in [3.63, 3.8) is 0 Å². The van der Waals surface area contributed by atoms with E-state index in [9.17, 15) is 4.79 Å². The third-order valence-corrected chi connectivity index (χ3v) is 5.70. The number of anilines is 1. The summed E-state index contributed by atoms with van der Waals surface area (Å²) in [5.74, 6) is 0.854. The summed E-state index contributed by atoms with van der Waals surface area (Å²) >= 11 is 1.74. The summed E-state index contributed by atoms with van der Waals surface area (Å²) in [6.45, 7) is 2.76. The fourth-order valence-electron chi connectivity index (χ4n) is 3.10. The zero-order valence-corrected chi connectivity index (χ0v) is 17.5. The molecule has 2 aromatic carbocycles. The molecule has 2 N–H and O–H groups in total. The third-order valence-electron chi connectivity index (χ3n) is 4.71. The molecule has 0 saturated carbocycles. The number of amidine groups is 1. The SMILES string of the molecule is C/C(=N/NC(=O)c1ccccc1-n1cccc1)c1ccc(NC2=NCCCS2)cc1. The van der Waals surface area contributed by atoms with Crippen molar-refractivity contribution in [1.29, 1.82) is 0 Å². The van der Waals surface area contributed by atoms with Crippen LogP contribution in [0.5, 0.6) is 0 Å². The maximum absolute atomic E-state index is 12.7. The second-order valence-electron chi connectivity index (χ2n) is 6.84. The number of para-hydroxylation sites is 1. The Morgan fingerprint density at radius 2 is 1.83 bits per heavy atom. The van der Waals surface area contributed by atoms with E-state index in [0.717, 1.165) is 46.5 Å². The summed E-state index contributed by atoms with van der Waals surface area (Å²) in [6.07, 6.45) is 4.95. The molecule has 0 saturated heterocycles. The van der Waals surface area contributed by atoms with E-state index in [1.54, 1.807) is 17.8 Å². The Bertz CT molecular complexity index is 1070. The van der Waals surface area contributed by atoms with E-state index in [1.165, 1.54) is 0 Å². The molecule has 0 spiro atoms. The lowest BCUT2D eigenvalue weighted by Gasteiger charge is -2.13. The third kappa shape index (κ3) is 4.80. The van der Waals surface area contributed by atoms with Crippen molar-refractivity contribution in [3.8, 4) is 5.69 Å². The number of hydrogen-bond acceptors (Lipinski definition) is 5. The fraction of sp³-hybridized carbons (Fsp3) is 0.174. The summed E-state index contributed by atoms with van der Waals surface area (Å²) < 4.78 is 1.91. The minimum atomic E-state index is -0.246. The number of nitrogens with zero attached hydrogens (tertiary/aromatic N) is 3. The van der Waals surface area contributed by atoms with Gasteiger partial charge in [0.15, 0.2) is 5.17 Å². The van der Waals surface area contributed by atoms with Gasteiger partial charge in [-0.25, -0.2) is 5.43 Å². The van der Waals surface area contributed by atoms with Crippen molar-refractivity contribution < 1.29 is 4.79 Å². The summed E-state index contributed by atoms with van der Waals surface area (Å²) in [6, 6.07) is 19.3. The molecule has 30 heavy (non-hydrogen) atoms. The Morgan fingerprint density at radius 3 is 2.57 bits per heavy atom. The standard InChI is InChI=1S/C23H23N5OS/c1-17(18-9-11-19(12-10-18)25-23-24-13-6-16-30-23)26-27-22(29)20-7-2-3-8-21(20)28-14-4-5-15-28/h2-5,7-12,14-15H,6,13,16H2,1H3,(H,24,25)(H,27,29)/b26-17-. The molecule has 0 unspecified atom stereocenters. The van der Waals surface area contributed by atoms with E-state index in [-0.39, 0.29) is 5.91 Å². The average Bonchev–Trinajstić information content (AvgIpc) is 3.33. The van der Waals surface area contributed by atoms with Crippen LogP contribution < -0.4 is 10.7 Å². The molecule has 1 aromatic heterocycles. The minimum absolute atomic E-state index is 0.246. The number of hydrogen-bond donors (Lipinski definition) is 2. The highest BCUT2D eigenvalue weighted by atomic mass is 32.2. The van der Waals surface area contributed by atoms with Gasteiger partial charge in [0.25, 0.3) is 5.91 Å². The van der Waals surface area contributed by atoms with Crippen LogP contribution >= 0.6 is 11.8 Å². The van der Waals surface area contributed by atoms with Crippen molar-refractivity contribution >= 4 is 34.2 Å². The van der Waals surface area contributed by atoms with Crippen molar-refractivity contribution in [2.75, 3.05) is 17.6 Å². The van der Waals surface area contributed by atoms with Crippen molar-refractivity contribution in [3.05, 3.63) is 84.2 Å². The van der Waals surface area contributed by atoms with Crippen molar-refractivity contribution in [2.45, 2.75) is 13.3 Å². The van der Waals surface area contributed by atoms with Gasteiger partial charge in [-0.15, -0.1) is 0 Å². The number of carbonyl (C=O) groups is 1. The number of hydrazone groups is 1. The van der Waals surface area contributed by atoms with Crippen LogP contribution in [0.2, 0.25) is 0 Å². The van der Waals surface area contributed by atoms with Crippen LogP contribution in [-0.4, -0.2) is 33.7 Å². The highest BCUT2D eigenvalue weighted by Crippen LogP contribution is 2.17. The summed E-state index contributed by atoms with van der Waals surface area (Å²) in [7, 11) is 0. The largest absolute Gasteiger partial charge is 0.335 e. The minimum Gasteiger partial charge on any atom is -0.335 e. The van der Waals surface area contributed by atoms with Gasteiger partial charge >= 0.3 is 0 Å². The summed E-state index contributed by atoms with van der Waals surface area (Å²) in [4.78, 5) is 17.2. The molecule has 1 aliphatic rings. The summed E-state index contributed by atoms with van der Waals surface area (Å²) in [5.41, 5.74) is 6.72. The first kappa shape index (κ1) is 20.0. The van der Waals surface area contributed by atoms with E-state index in [2.05, 4.69) is 20.8 Å². The van der Waals surface area contributed by atoms with Gasteiger partial charge in [0.1, 0.15) is 0 Å². The van der Waals surface area contributed by atoms with Gasteiger partial charge in [0.05, 0.1) is 17.0 Å². The lowest BCUT2D eigenvalue weighted by atomic mass is 10.1. The predicted octanol–water partition coefficient (Wildman–Crippen LogP) is 4.54. The zero-order chi connectivity index (χ0) is 20.8. The molecule has 3 aromatic rings. The predicted molar refractivity (Wildman–Crippen MR) is 125 cm³/mol. The van der Waals surface area contributed by atoms with Crippen LogP contribution in [0.15, 0.2) is 83.2 Å². The van der Waals surface area contributed by atoms with Gasteiger partial charge in [-0.05, 0) is 55.3 Å². The Hall–Kier alpha value is -3.32. The molecule has 4 rings (SSSR count). The van der Waals surface area contributed by atoms with Gasteiger partial charge in [0, 0.05) is 30.4 Å². The first-order valence-electron chi connectivity index (χ1n) is 9.82. The molecule has 152 valence electrons. The van der Waals surface area contributed by atoms with Gasteiger partial charge in [-0.3, -0.25) is 9.79 Å². The first-order valence-corrected chi connectivity index (χ1v) is 10.8. The van der Waals surface area contributed by atoms with E-state index >= 15 is 0 Å². The number of benzene rings is 2. The number of aliphatic imine (C=N–C) groups is 1. The topological polar surface area (TPSA) is 70.8 Å². The molecule has 2 heterocycles. The number of amides is 1. The number of carbonyl (C=O) groups excluding carboxylic acids is 1. The first-order chi connectivity index (χ1) is 14.7. The molecule has 0 fully saturated rings. The van der Waals surface area contributed by atoms with Gasteiger partial charge in [0.2, 0.25) is 0 Å². The highest BCUT2D eigenvalue weighted by Gasteiger charge is 2.12. The molecule has 1 aliphatic heterocycles. The number of thioether (sulfide) groups is 1. The molecular weight excluding hydrogens is 394 g/mol.